The highest BCUT2D eigenvalue weighted by Crippen LogP contribution is 2.47. The lowest BCUT2D eigenvalue weighted by Gasteiger charge is -2.29. The molecule has 11 nitrogen and oxygen atoms in total. The second kappa shape index (κ2) is 12.4. The largest absolute Gasteiger partial charge is 0.468 e. The fourth-order valence-electron chi connectivity index (χ4n) is 6.62. The lowest BCUT2D eigenvalue weighted by Crippen LogP contribution is -2.42. The van der Waals surface area contributed by atoms with Crippen LogP contribution in [0.3, 0.4) is 0 Å². The number of aliphatic hydroxyl groups excluding tert-OH is 1. The molecule has 13 heteroatoms. The monoisotopic (exact) mass is 663 g/mol. The number of methoxy groups -OCH3 is 1. The fraction of sp³-hybridized carbons (Fsp3) is 0.457. The van der Waals surface area contributed by atoms with Gasteiger partial charge in [0.2, 0.25) is 0 Å². The quantitative estimate of drug-likeness (QED) is 0.200. The van der Waals surface area contributed by atoms with Gasteiger partial charge in [-0.15, -0.1) is 0 Å². The molecular weight excluding hydrogens is 624 g/mol. The van der Waals surface area contributed by atoms with Gasteiger partial charge in [0.1, 0.15) is 34.0 Å². The van der Waals surface area contributed by atoms with Crippen LogP contribution in [0.1, 0.15) is 32.3 Å². The van der Waals surface area contributed by atoms with Gasteiger partial charge in [-0.1, -0.05) is 13.0 Å². The maximum atomic E-state index is 17.6. The molecule has 2 N–H and O–H groups in total. The summed E-state index contributed by atoms with van der Waals surface area (Å²) in [6.07, 6.45) is 3.75. The molecule has 0 radical (unpaired) electrons. The predicted molar refractivity (Wildman–Crippen MR) is 176 cm³/mol. The Bertz CT molecular complexity index is 2030. The molecule has 254 valence electrons. The average molecular weight is 664 g/mol. The Balaban J connectivity index is 1.55. The normalized spacial score (nSPS) is 19.3. The highest BCUT2D eigenvalue weighted by Gasteiger charge is 2.43. The second-order valence-electron chi connectivity index (χ2n) is 13.2. The van der Waals surface area contributed by atoms with Crippen LogP contribution in [-0.4, -0.2) is 89.0 Å². The van der Waals surface area contributed by atoms with E-state index in [2.05, 4.69) is 4.98 Å². The standard InChI is InChI=1S/C35H39F2N5O6/c1-5-22-25(36)7-6-20-12-21(48-19-45-4)13-23(26(20)22)27-29(37)31-28(24-14-41(3)40-30(24)27)32(42-10-11-46-17-34(2,44)15-42)39-33(38-31)47-18-35(16-43)8-9-35/h6-7,12-14,43-44H,5,8-11,15-19H2,1-4H3. The van der Waals surface area contributed by atoms with Crippen LogP contribution < -0.4 is 14.4 Å². The molecule has 1 unspecified atom stereocenters. The molecule has 2 aliphatic rings. The Morgan fingerprint density at radius 1 is 1.08 bits per heavy atom. The molecule has 0 spiro atoms. The smallest absolute Gasteiger partial charge is 0.319 e. The van der Waals surface area contributed by atoms with Crippen LogP contribution in [0.25, 0.3) is 43.7 Å². The summed E-state index contributed by atoms with van der Waals surface area (Å²) < 4.78 is 57.3. The number of hydrogen-bond donors (Lipinski definition) is 2. The van der Waals surface area contributed by atoms with Crippen LogP contribution in [0.4, 0.5) is 14.6 Å². The van der Waals surface area contributed by atoms with E-state index in [1.807, 2.05) is 11.8 Å². The second-order valence-corrected chi connectivity index (χ2v) is 13.2. The molecule has 1 saturated heterocycles. The van der Waals surface area contributed by atoms with Gasteiger partial charge in [0.25, 0.3) is 0 Å². The van der Waals surface area contributed by atoms with Crippen LogP contribution in [-0.2, 0) is 22.9 Å². The summed E-state index contributed by atoms with van der Waals surface area (Å²) in [4.78, 5) is 11.3. The molecule has 1 atom stereocenters. The summed E-state index contributed by atoms with van der Waals surface area (Å²) in [5.74, 6) is -0.318. The minimum absolute atomic E-state index is 0.0185. The Labute approximate surface area is 276 Å². The number of nitrogens with zero attached hydrogens (tertiary/aromatic N) is 5. The number of halogens is 2. The number of benzene rings is 3. The molecule has 0 bridgehead atoms. The van der Waals surface area contributed by atoms with E-state index in [4.69, 9.17) is 29.0 Å². The summed E-state index contributed by atoms with van der Waals surface area (Å²) in [6, 6.07) is 6.45. The number of aryl methyl sites for hydroxylation is 2. The van der Waals surface area contributed by atoms with Gasteiger partial charge >= 0.3 is 6.01 Å². The summed E-state index contributed by atoms with van der Waals surface area (Å²) in [5.41, 5.74) is -0.327. The van der Waals surface area contributed by atoms with Crippen molar-refractivity contribution < 1.29 is 37.9 Å². The van der Waals surface area contributed by atoms with Crippen molar-refractivity contribution in [3.8, 4) is 22.9 Å². The van der Waals surface area contributed by atoms with E-state index in [1.54, 1.807) is 43.0 Å². The fourth-order valence-corrected chi connectivity index (χ4v) is 6.62. The van der Waals surface area contributed by atoms with Gasteiger partial charge in [-0.05, 0) is 66.3 Å². The summed E-state index contributed by atoms with van der Waals surface area (Å²) in [5, 5.41) is 27.9. The zero-order valence-electron chi connectivity index (χ0n) is 27.5. The first-order chi connectivity index (χ1) is 23.1. The van der Waals surface area contributed by atoms with Gasteiger partial charge < -0.3 is 34.1 Å². The highest BCUT2D eigenvalue weighted by atomic mass is 19.1. The van der Waals surface area contributed by atoms with Crippen LogP contribution in [0, 0.1) is 17.0 Å². The number of β-amino-alcohol motifs (C(OH)–C–C–N with tert-alkyl or cyclic N) is 1. The third-order valence-corrected chi connectivity index (χ3v) is 9.29. The molecule has 0 amide bonds. The van der Waals surface area contributed by atoms with E-state index in [1.165, 1.54) is 13.2 Å². The Morgan fingerprint density at radius 3 is 2.62 bits per heavy atom. The Morgan fingerprint density at radius 2 is 1.90 bits per heavy atom. The van der Waals surface area contributed by atoms with E-state index >= 15 is 8.78 Å². The van der Waals surface area contributed by atoms with Crippen LogP contribution in [0.15, 0.2) is 30.5 Å². The molecular formula is C35H39F2N5O6. The number of ether oxygens (including phenoxy) is 4. The van der Waals surface area contributed by atoms with Crippen molar-refractivity contribution in [2.24, 2.45) is 12.5 Å². The van der Waals surface area contributed by atoms with Gasteiger partial charge in [0, 0.05) is 43.3 Å². The maximum Gasteiger partial charge on any atom is 0.319 e. The summed E-state index contributed by atoms with van der Waals surface area (Å²) in [7, 11) is 3.25. The topological polar surface area (TPSA) is 124 Å². The molecule has 2 fully saturated rings. The van der Waals surface area contributed by atoms with Gasteiger partial charge in [-0.2, -0.15) is 15.1 Å². The van der Waals surface area contributed by atoms with Crippen molar-refractivity contribution in [2.75, 3.05) is 58.3 Å². The summed E-state index contributed by atoms with van der Waals surface area (Å²) in [6.45, 7) is 4.59. The molecule has 3 heterocycles. The molecule has 1 aliphatic heterocycles. The van der Waals surface area contributed by atoms with Crippen LogP contribution >= 0.6 is 0 Å². The first-order valence-corrected chi connectivity index (χ1v) is 16.1. The van der Waals surface area contributed by atoms with Crippen molar-refractivity contribution in [1.82, 2.24) is 19.7 Å². The van der Waals surface area contributed by atoms with Crippen molar-refractivity contribution in [3.05, 3.63) is 47.7 Å². The molecule has 1 aliphatic carbocycles. The first-order valence-electron chi connectivity index (χ1n) is 16.1. The number of aliphatic hydroxyl groups is 2. The number of fused-ring (bicyclic) bond motifs is 4. The number of aromatic nitrogens is 4. The van der Waals surface area contributed by atoms with E-state index < -0.39 is 17.2 Å². The molecule has 48 heavy (non-hydrogen) atoms. The number of hydrogen-bond acceptors (Lipinski definition) is 10. The van der Waals surface area contributed by atoms with Gasteiger partial charge in [0.05, 0.1) is 38.4 Å². The highest BCUT2D eigenvalue weighted by molar-refractivity contribution is 6.18. The maximum absolute atomic E-state index is 17.6. The molecule has 3 aromatic carbocycles. The molecule has 2 aromatic heterocycles. The van der Waals surface area contributed by atoms with E-state index in [0.29, 0.717) is 69.3 Å². The average Bonchev–Trinajstić information content (AvgIpc) is 3.79. The van der Waals surface area contributed by atoms with Gasteiger partial charge in [-0.3, -0.25) is 4.68 Å². The third kappa shape index (κ3) is 5.78. The summed E-state index contributed by atoms with van der Waals surface area (Å²) >= 11 is 0. The SMILES string of the molecule is CCc1c(F)ccc2cc(OCOC)cc(-c3c(F)c4nc(OCC5(CO)CC5)nc(N5CCOCC(C)(O)C5)c4c4cn(C)nc34)c12. The van der Waals surface area contributed by atoms with Crippen molar-refractivity contribution >= 4 is 38.4 Å². The predicted octanol–water partition coefficient (Wildman–Crippen LogP) is 4.90. The Kier molecular flexibility index (Phi) is 8.35. The van der Waals surface area contributed by atoms with Gasteiger partial charge in [0.15, 0.2) is 12.6 Å². The first kappa shape index (κ1) is 32.4. The molecule has 7 rings (SSSR count). The van der Waals surface area contributed by atoms with Gasteiger partial charge in [-0.25, -0.2) is 8.78 Å². The minimum Gasteiger partial charge on any atom is -0.468 e. The number of anilines is 1. The van der Waals surface area contributed by atoms with Crippen molar-refractivity contribution in [1.29, 1.82) is 0 Å². The van der Waals surface area contributed by atoms with Crippen LogP contribution in [0.2, 0.25) is 0 Å². The van der Waals surface area contributed by atoms with Crippen molar-refractivity contribution in [3.63, 3.8) is 0 Å². The zero-order valence-corrected chi connectivity index (χ0v) is 27.5. The van der Waals surface area contributed by atoms with E-state index in [9.17, 15) is 10.2 Å². The van der Waals surface area contributed by atoms with E-state index in [0.717, 1.165) is 12.8 Å². The van der Waals surface area contributed by atoms with Crippen LogP contribution in [0.5, 0.6) is 11.8 Å². The molecule has 5 aromatic rings. The zero-order chi connectivity index (χ0) is 33.8. The lowest BCUT2D eigenvalue weighted by molar-refractivity contribution is -0.0123. The lowest BCUT2D eigenvalue weighted by atomic mass is 9.90. The van der Waals surface area contributed by atoms with Crippen molar-refractivity contribution in [2.45, 2.75) is 38.7 Å². The Hall–Kier alpha value is -4.17. The number of rotatable bonds is 10. The molecule has 1 saturated carbocycles. The minimum atomic E-state index is -1.21. The van der Waals surface area contributed by atoms with E-state index in [-0.39, 0.29) is 55.7 Å². The third-order valence-electron chi connectivity index (χ3n) is 9.29.